The monoisotopic (exact) mass is 433 g/mol. The molecular formula is C21H16BrN5O. The molecule has 0 unspecified atom stereocenters. The number of hydrogen-bond acceptors (Lipinski definition) is 5. The first kappa shape index (κ1) is 18.1. The van der Waals surface area contributed by atoms with Crippen LogP contribution < -0.4 is 0 Å². The molecule has 0 bridgehead atoms. The molecule has 0 atom stereocenters. The molecule has 0 aliphatic rings. The average molecular weight is 434 g/mol. The minimum atomic E-state index is 0.433. The predicted octanol–water partition coefficient (Wildman–Crippen LogP) is 5.14. The van der Waals surface area contributed by atoms with Gasteiger partial charge in [-0.25, -0.2) is 4.98 Å². The number of hydrogen-bond donors (Lipinski definition) is 2. The van der Waals surface area contributed by atoms with Crippen molar-refractivity contribution in [2.24, 2.45) is 0 Å². The molecule has 28 heavy (non-hydrogen) atoms. The van der Waals surface area contributed by atoms with Crippen LogP contribution in [0.3, 0.4) is 0 Å². The first-order chi connectivity index (χ1) is 13.7. The van der Waals surface area contributed by atoms with Crippen LogP contribution in [0.25, 0.3) is 28.2 Å². The van der Waals surface area contributed by atoms with Gasteiger partial charge in [0.1, 0.15) is 11.2 Å². The fraction of sp³-hybridized carbons (Fsp3) is 0.0476. The van der Waals surface area contributed by atoms with Crippen molar-refractivity contribution in [3.63, 3.8) is 0 Å². The van der Waals surface area contributed by atoms with Crippen LogP contribution >= 0.6 is 15.9 Å². The van der Waals surface area contributed by atoms with Crippen LogP contribution in [-0.4, -0.2) is 27.1 Å². The molecule has 2 heterocycles. The van der Waals surface area contributed by atoms with Gasteiger partial charge in [0.2, 0.25) is 0 Å². The van der Waals surface area contributed by atoms with Gasteiger partial charge in [0.25, 0.3) is 0 Å². The van der Waals surface area contributed by atoms with Crippen molar-refractivity contribution in [2.45, 2.75) is 6.54 Å². The number of nitrogens with zero attached hydrogens (tertiary/aromatic N) is 3. The summed E-state index contributed by atoms with van der Waals surface area (Å²) in [5.74, 6) is 1.07. The predicted molar refractivity (Wildman–Crippen MR) is 114 cm³/mol. The van der Waals surface area contributed by atoms with E-state index in [0.29, 0.717) is 29.4 Å². The molecule has 0 saturated heterocycles. The van der Waals surface area contributed by atoms with Gasteiger partial charge in [-0.2, -0.15) is 0 Å². The van der Waals surface area contributed by atoms with Crippen molar-refractivity contribution < 1.29 is 4.52 Å². The topological polar surface area (TPSA) is 91.6 Å². The number of fused-ring (bicyclic) bond motifs is 1. The zero-order valence-electron chi connectivity index (χ0n) is 14.8. The molecule has 0 radical (unpaired) electrons. The Morgan fingerprint density at radius 2 is 1.93 bits per heavy atom. The number of aromatic nitrogens is 3. The van der Waals surface area contributed by atoms with Crippen LogP contribution in [-0.2, 0) is 6.54 Å². The molecule has 0 aliphatic heterocycles. The molecule has 7 heteroatoms. The van der Waals surface area contributed by atoms with E-state index < -0.39 is 0 Å². The number of imidazole rings is 1. The third-order valence-corrected chi connectivity index (χ3v) is 5.11. The van der Waals surface area contributed by atoms with Gasteiger partial charge in [-0.3, -0.25) is 0 Å². The van der Waals surface area contributed by atoms with Gasteiger partial charge < -0.3 is 19.9 Å². The molecule has 4 rings (SSSR count). The minimum Gasteiger partial charge on any atom is -0.356 e. The van der Waals surface area contributed by atoms with E-state index in [9.17, 15) is 0 Å². The fourth-order valence-corrected chi connectivity index (χ4v) is 3.77. The van der Waals surface area contributed by atoms with E-state index in [-0.39, 0.29) is 0 Å². The third-order valence-electron chi connectivity index (χ3n) is 4.51. The first-order valence-corrected chi connectivity index (χ1v) is 9.32. The maximum Gasteiger partial charge on any atom is 0.167 e. The van der Waals surface area contributed by atoms with Crippen molar-refractivity contribution in [1.82, 2.24) is 14.7 Å². The van der Waals surface area contributed by atoms with Crippen molar-refractivity contribution >= 4 is 45.5 Å². The van der Waals surface area contributed by atoms with E-state index in [1.54, 1.807) is 6.08 Å². The van der Waals surface area contributed by atoms with Crippen LogP contribution in [0.2, 0.25) is 0 Å². The zero-order chi connectivity index (χ0) is 19.7. The molecule has 0 saturated carbocycles. The molecule has 0 aliphatic carbocycles. The Morgan fingerprint density at radius 3 is 2.61 bits per heavy atom. The summed E-state index contributed by atoms with van der Waals surface area (Å²) in [5, 5.41) is 19.3. The van der Waals surface area contributed by atoms with Gasteiger partial charge >= 0.3 is 0 Å². The molecule has 6 nitrogen and oxygen atoms in total. The number of benzene rings is 2. The highest BCUT2D eigenvalue weighted by molar-refractivity contribution is 9.10. The lowest BCUT2D eigenvalue weighted by Crippen LogP contribution is -2.04. The minimum absolute atomic E-state index is 0.433. The van der Waals surface area contributed by atoms with Crippen molar-refractivity contribution in [1.29, 1.82) is 10.8 Å². The third kappa shape index (κ3) is 2.99. The Bertz CT molecular complexity index is 1180. The first-order valence-electron chi connectivity index (χ1n) is 8.53. The molecule has 0 fully saturated rings. The zero-order valence-corrected chi connectivity index (χ0v) is 16.4. The number of nitrogens with one attached hydrogen (secondary N) is 2. The lowest BCUT2D eigenvalue weighted by molar-refractivity contribution is 0.412. The highest BCUT2D eigenvalue weighted by Gasteiger charge is 2.19. The molecule has 0 amide bonds. The maximum atomic E-state index is 7.78. The molecule has 0 spiro atoms. The van der Waals surface area contributed by atoms with Gasteiger partial charge in [-0.05, 0) is 45.3 Å². The van der Waals surface area contributed by atoms with Crippen molar-refractivity contribution in [2.75, 3.05) is 0 Å². The second-order valence-electron chi connectivity index (χ2n) is 6.17. The molecule has 2 aromatic carbocycles. The summed E-state index contributed by atoms with van der Waals surface area (Å²) in [6.45, 7) is 4.36. The van der Waals surface area contributed by atoms with Gasteiger partial charge in [0.15, 0.2) is 11.6 Å². The highest BCUT2D eigenvalue weighted by atomic mass is 79.9. The largest absolute Gasteiger partial charge is 0.356 e. The summed E-state index contributed by atoms with van der Waals surface area (Å²) in [6, 6.07) is 13.9. The van der Waals surface area contributed by atoms with E-state index in [1.807, 2.05) is 47.0 Å². The summed E-state index contributed by atoms with van der Waals surface area (Å²) < 4.78 is 8.09. The number of rotatable bonds is 6. The van der Waals surface area contributed by atoms with Gasteiger partial charge in [-0.1, -0.05) is 42.1 Å². The van der Waals surface area contributed by atoms with Crippen LogP contribution in [0.15, 0.2) is 58.0 Å². The van der Waals surface area contributed by atoms with E-state index in [1.165, 1.54) is 6.21 Å². The average Bonchev–Trinajstić information content (AvgIpc) is 3.30. The Balaban J connectivity index is 1.96. The summed E-state index contributed by atoms with van der Waals surface area (Å²) >= 11 is 3.60. The molecular weight excluding hydrogens is 418 g/mol. The van der Waals surface area contributed by atoms with Gasteiger partial charge in [0.05, 0.1) is 17.3 Å². The summed E-state index contributed by atoms with van der Waals surface area (Å²) in [5.41, 5.74) is 4.73. The van der Waals surface area contributed by atoms with Gasteiger partial charge in [-0.15, -0.1) is 0 Å². The Morgan fingerprint density at radius 1 is 1.14 bits per heavy atom. The van der Waals surface area contributed by atoms with E-state index >= 15 is 0 Å². The van der Waals surface area contributed by atoms with Crippen molar-refractivity contribution in [3.05, 3.63) is 76.4 Å². The maximum absolute atomic E-state index is 7.78. The normalized spacial score (nSPS) is 10.9. The quantitative estimate of drug-likeness (QED) is 0.412. The van der Waals surface area contributed by atoms with E-state index in [2.05, 4.69) is 32.6 Å². The standard InChI is InChI=1S/C21H16BrN5O/c1-2-18-20(16(10-23)26-28-18)14-8-15(22)21-17(9-14)27(19(11-24)25-21)12-13-6-4-3-5-7-13/h2-11,23-24H,1,12H2. The van der Waals surface area contributed by atoms with Crippen LogP contribution in [0.1, 0.15) is 22.8 Å². The summed E-state index contributed by atoms with van der Waals surface area (Å²) in [7, 11) is 0. The van der Waals surface area contributed by atoms with E-state index in [0.717, 1.165) is 32.8 Å². The molecule has 2 N–H and O–H groups in total. The van der Waals surface area contributed by atoms with E-state index in [4.69, 9.17) is 15.3 Å². The Hall–Kier alpha value is -3.32. The molecule has 4 aromatic rings. The highest BCUT2D eigenvalue weighted by Crippen LogP contribution is 2.35. The smallest absolute Gasteiger partial charge is 0.167 e. The summed E-state index contributed by atoms with van der Waals surface area (Å²) in [4.78, 5) is 4.60. The van der Waals surface area contributed by atoms with Crippen molar-refractivity contribution in [3.8, 4) is 11.1 Å². The lowest BCUT2D eigenvalue weighted by atomic mass is 10.0. The Labute approximate surface area is 169 Å². The molecule has 2 aromatic heterocycles. The SMILES string of the molecule is C=Cc1onc(C=N)c1-c1cc(Br)c2nc(C=N)n(Cc3ccccc3)c2c1. The van der Waals surface area contributed by atoms with Crippen LogP contribution in [0.4, 0.5) is 0 Å². The van der Waals surface area contributed by atoms with Crippen LogP contribution in [0, 0.1) is 10.8 Å². The Kier molecular flexibility index (Phi) is 4.75. The summed E-state index contributed by atoms with van der Waals surface area (Å²) in [6.07, 6.45) is 4.00. The van der Waals surface area contributed by atoms with Gasteiger partial charge in [0, 0.05) is 17.2 Å². The fourth-order valence-electron chi connectivity index (χ4n) is 3.23. The number of halogens is 1. The lowest BCUT2D eigenvalue weighted by Gasteiger charge is -2.09. The second kappa shape index (κ2) is 7.36. The second-order valence-corrected chi connectivity index (χ2v) is 7.02. The molecule has 138 valence electrons. The van der Waals surface area contributed by atoms with Crippen LogP contribution in [0.5, 0.6) is 0 Å².